The predicted octanol–water partition coefficient (Wildman–Crippen LogP) is 1.99. The summed E-state index contributed by atoms with van der Waals surface area (Å²) >= 11 is 0. The molecule has 0 radical (unpaired) electrons. The number of rotatable bonds is 7. The van der Waals surface area contributed by atoms with Crippen molar-refractivity contribution < 1.29 is 4.74 Å². The van der Waals surface area contributed by atoms with Crippen LogP contribution in [-0.4, -0.2) is 23.6 Å². The topological polar surface area (TPSA) is 85.1 Å². The first kappa shape index (κ1) is 15.1. The number of nitrogens with one attached hydrogen (secondary N) is 2. The Hall–Kier alpha value is -2.34. The third-order valence-corrected chi connectivity index (χ3v) is 3.13. The van der Waals surface area contributed by atoms with Crippen molar-refractivity contribution in [1.29, 1.82) is 0 Å². The third-order valence-electron chi connectivity index (χ3n) is 3.13. The second kappa shape index (κ2) is 7.44. The van der Waals surface area contributed by atoms with E-state index in [1.54, 1.807) is 13.2 Å². The highest BCUT2D eigenvalue weighted by molar-refractivity contribution is 5.47. The maximum atomic E-state index is 5.42. The quantitative estimate of drug-likeness (QED) is 0.533. The molecule has 112 valence electrons. The standard InChI is InChI=1S/C15H21N5O/c1-3-13-18-14(10-15(19-13)20-16)17-9-8-11-6-4-5-7-12(11)21-2/h4-7,10H,3,8-9,16H2,1-2H3,(H2,17,18,19,20). The van der Waals surface area contributed by atoms with E-state index in [2.05, 4.69) is 26.8 Å². The van der Waals surface area contributed by atoms with Crippen LogP contribution >= 0.6 is 0 Å². The minimum Gasteiger partial charge on any atom is -0.496 e. The zero-order valence-electron chi connectivity index (χ0n) is 12.4. The fourth-order valence-corrected chi connectivity index (χ4v) is 2.05. The Kier molecular flexibility index (Phi) is 5.34. The minimum absolute atomic E-state index is 0.613. The van der Waals surface area contributed by atoms with E-state index in [1.165, 1.54) is 0 Å². The Bertz CT molecular complexity index is 566. The number of methoxy groups -OCH3 is 1. The average molecular weight is 287 g/mol. The fourth-order valence-electron chi connectivity index (χ4n) is 2.05. The number of hydrogen-bond donors (Lipinski definition) is 3. The number of hydrogen-bond acceptors (Lipinski definition) is 6. The number of para-hydroxylation sites is 1. The maximum absolute atomic E-state index is 5.42. The molecule has 0 unspecified atom stereocenters. The van der Waals surface area contributed by atoms with Gasteiger partial charge < -0.3 is 15.5 Å². The molecule has 0 saturated carbocycles. The summed E-state index contributed by atoms with van der Waals surface area (Å²) in [5, 5.41) is 3.29. The van der Waals surface area contributed by atoms with Crippen molar-refractivity contribution in [2.75, 3.05) is 24.4 Å². The minimum atomic E-state index is 0.613. The number of aromatic nitrogens is 2. The van der Waals surface area contributed by atoms with Crippen LogP contribution < -0.4 is 21.3 Å². The van der Waals surface area contributed by atoms with E-state index in [4.69, 9.17) is 10.6 Å². The zero-order valence-corrected chi connectivity index (χ0v) is 12.4. The number of nitrogens with two attached hydrogens (primary N) is 1. The average Bonchev–Trinajstić information content (AvgIpc) is 2.54. The van der Waals surface area contributed by atoms with Crippen LogP contribution in [0.5, 0.6) is 5.75 Å². The third kappa shape index (κ3) is 4.06. The molecule has 21 heavy (non-hydrogen) atoms. The van der Waals surface area contributed by atoms with Crippen molar-refractivity contribution in [3.63, 3.8) is 0 Å². The van der Waals surface area contributed by atoms with Crippen LogP contribution in [0.15, 0.2) is 30.3 Å². The molecule has 0 aliphatic rings. The molecular weight excluding hydrogens is 266 g/mol. The van der Waals surface area contributed by atoms with Crippen molar-refractivity contribution >= 4 is 11.6 Å². The molecule has 0 spiro atoms. The Morgan fingerprint density at radius 2 is 1.95 bits per heavy atom. The second-order valence-corrected chi connectivity index (χ2v) is 4.54. The number of ether oxygens (including phenoxy) is 1. The lowest BCUT2D eigenvalue weighted by Gasteiger charge is -2.11. The monoisotopic (exact) mass is 287 g/mol. The number of anilines is 2. The molecule has 0 aliphatic carbocycles. The highest BCUT2D eigenvalue weighted by atomic mass is 16.5. The van der Waals surface area contributed by atoms with Gasteiger partial charge in [-0.1, -0.05) is 25.1 Å². The zero-order chi connectivity index (χ0) is 15.1. The lowest BCUT2D eigenvalue weighted by atomic mass is 10.1. The number of aryl methyl sites for hydroxylation is 1. The molecular formula is C15H21N5O. The van der Waals surface area contributed by atoms with Crippen molar-refractivity contribution in [2.24, 2.45) is 5.84 Å². The summed E-state index contributed by atoms with van der Waals surface area (Å²) in [6.07, 6.45) is 1.61. The van der Waals surface area contributed by atoms with Gasteiger partial charge in [0.25, 0.3) is 0 Å². The molecule has 4 N–H and O–H groups in total. The number of nitrogen functional groups attached to an aromatic ring is 1. The molecule has 0 amide bonds. The van der Waals surface area contributed by atoms with Gasteiger partial charge in [-0.25, -0.2) is 15.8 Å². The number of benzene rings is 1. The fraction of sp³-hybridized carbons (Fsp3) is 0.333. The summed E-state index contributed by atoms with van der Waals surface area (Å²) in [5.41, 5.74) is 3.72. The summed E-state index contributed by atoms with van der Waals surface area (Å²) in [7, 11) is 1.68. The second-order valence-electron chi connectivity index (χ2n) is 4.54. The van der Waals surface area contributed by atoms with Crippen LogP contribution in [0.25, 0.3) is 0 Å². The Balaban J connectivity index is 2.00. The van der Waals surface area contributed by atoms with E-state index in [1.807, 2.05) is 25.1 Å². The van der Waals surface area contributed by atoms with Gasteiger partial charge in [-0.3, -0.25) is 0 Å². The first-order chi connectivity index (χ1) is 10.3. The summed E-state index contributed by atoms with van der Waals surface area (Å²) in [6.45, 7) is 2.76. The molecule has 1 aromatic heterocycles. The van der Waals surface area contributed by atoms with Gasteiger partial charge in [0.05, 0.1) is 7.11 Å². The molecule has 6 heteroatoms. The molecule has 1 heterocycles. The van der Waals surface area contributed by atoms with E-state index >= 15 is 0 Å². The molecule has 2 aromatic rings. The largest absolute Gasteiger partial charge is 0.496 e. The van der Waals surface area contributed by atoms with Crippen molar-refractivity contribution in [2.45, 2.75) is 19.8 Å². The van der Waals surface area contributed by atoms with Crippen LogP contribution in [0.2, 0.25) is 0 Å². The van der Waals surface area contributed by atoms with Crippen molar-refractivity contribution in [3.8, 4) is 5.75 Å². The van der Waals surface area contributed by atoms with Gasteiger partial charge >= 0.3 is 0 Å². The normalized spacial score (nSPS) is 10.2. The van der Waals surface area contributed by atoms with Crippen LogP contribution in [0.1, 0.15) is 18.3 Å². The first-order valence-corrected chi connectivity index (χ1v) is 6.97. The highest BCUT2D eigenvalue weighted by Crippen LogP contribution is 2.18. The van der Waals surface area contributed by atoms with Crippen LogP contribution in [0, 0.1) is 0 Å². The Labute approximate surface area is 124 Å². The summed E-state index contributed by atoms with van der Waals surface area (Å²) in [4.78, 5) is 8.68. The van der Waals surface area contributed by atoms with Gasteiger partial charge in [0.15, 0.2) is 0 Å². The molecule has 0 bridgehead atoms. The van der Waals surface area contributed by atoms with Gasteiger partial charge in [0, 0.05) is 19.0 Å². The lowest BCUT2D eigenvalue weighted by molar-refractivity contribution is 0.410. The van der Waals surface area contributed by atoms with E-state index in [0.717, 1.165) is 42.3 Å². The molecule has 0 aliphatic heterocycles. The van der Waals surface area contributed by atoms with E-state index in [0.29, 0.717) is 5.82 Å². The predicted molar refractivity (Wildman–Crippen MR) is 84.4 cm³/mol. The van der Waals surface area contributed by atoms with E-state index in [9.17, 15) is 0 Å². The smallest absolute Gasteiger partial charge is 0.145 e. The molecule has 0 fully saturated rings. The Morgan fingerprint density at radius 1 is 1.19 bits per heavy atom. The van der Waals surface area contributed by atoms with Gasteiger partial charge in [0.2, 0.25) is 0 Å². The summed E-state index contributed by atoms with van der Waals surface area (Å²) < 4.78 is 5.34. The molecule has 0 saturated heterocycles. The summed E-state index contributed by atoms with van der Waals surface area (Å²) in [5.74, 6) is 8.45. The van der Waals surface area contributed by atoms with E-state index < -0.39 is 0 Å². The van der Waals surface area contributed by atoms with Gasteiger partial charge in [-0.05, 0) is 18.1 Å². The van der Waals surface area contributed by atoms with Crippen LogP contribution in [0.4, 0.5) is 11.6 Å². The Morgan fingerprint density at radius 3 is 2.67 bits per heavy atom. The molecule has 6 nitrogen and oxygen atoms in total. The van der Waals surface area contributed by atoms with Gasteiger partial charge in [-0.15, -0.1) is 0 Å². The lowest BCUT2D eigenvalue weighted by Crippen LogP contribution is -2.13. The molecule has 1 aromatic carbocycles. The molecule has 0 atom stereocenters. The molecule has 2 rings (SSSR count). The van der Waals surface area contributed by atoms with Crippen molar-refractivity contribution in [3.05, 3.63) is 41.7 Å². The van der Waals surface area contributed by atoms with Crippen LogP contribution in [0.3, 0.4) is 0 Å². The SMILES string of the molecule is CCc1nc(NN)cc(NCCc2ccccc2OC)n1. The van der Waals surface area contributed by atoms with Gasteiger partial charge in [0.1, 0.15) is 23.2 Å². The first-order valence-electron chi connectivity index (χ1n) is 6.97. The van der Waals surface area contributed by atoms with Gasteiger partial charge in [-0.2, -0.15) is 0 Å². The number of nitrogens with zero attached hydrogens (tertiary/aromatic N) is 2. The maximum Gasteiger partial charge on any atom is 0.145 e. The summed E-state index contributed by atoms with van der Waals surface area (Å²) in [6, 6.07) is 9.79. The van der Waals surface area contributed by atoms with E-state index in [-0.39, 0.29) is 0 Å². The van der Waals surface area contributed by atoms with Crippen molar-refractivity contribution in [1.82, 2.24) is 9.97 Å². The van der Waals surface area contributed by atoms with Crippen LogP contribution in [-0.2, 0) is 12.8 Å². The highest BCUT2D eigenvalue weighted by Gasteiger charge is 2.04. The number of hydrazine groups is 1.